The van der Waals surface area contributed by atoms with Crippen LogP contribution >= 0.6 is 0 Å². The molecule has 0 heterocycles. The van der Waals surface area contributed by atoms with Crippen LogP contribution in [0.1, 0.15) is 5.56 Å². The number of benzene rings is 1. The topological polar surface area (TPSA) is 12.0 Å². The van der Waals surface area contributed by atoms with Crippen LogP contribution < -0.4 is 5.32 Å². The van der Waals surface area contributed by atoms with Crippen molar-refractivity contribution in [3.63, 3.8) is 0 Å². The fraction of sp³-hybridized carbons (Fsp3) is 0.0909. The molecule has 0 aliphatic heterocycles. The van der Waals surface area contributed by atoms with Crippen molar-refractivity contribution >= 4 is 5.69 Å². The van der Waals surface area contributed by atoms with Crippen LogP contribution in [0.5, 0.6) is 0 Å². The highest BCUT2D eigenvalue weighted by Crippen LogP contribution is 2.22. The van der Waals surface area contributed by atoms with E-state index in [9.17, 15) is 8.78 Å². The Kier molecular flexibility index (Phi) is 3.02. The molecular formula is C11H11F2N. The van der Waals surface area contributed by atoms with E-state index in [4.69, 9.17) is 0 Å². The average molecular weight is 195 g/mol. The predicted molar refractivity (Wildman–Crippen MR) is 54.1 cm³/mol. The Labute approximate surface area is 81.8 Å². The number of aryl methyl sites for hydroxylation is 1. The third-order valence-corrected chi connectivity index (χ3v) is 1.78. The second-order valence-electron chi connectivity index (χ2n) is 2.93. The molecule has 0 fully saturated rings. The van der Waals surface area contributed by atoms with Crippen molar-refractivity contribution in [3.05, 3.63) is 54.3 Å². The second kappa shape index (κ2) is 4.05. The zero-order valence-electron chi connectivity index (χ0n) is 7.90. The summed E-state index contributed by atoms with van der Waals surface area (Å²) in [5, 5.41) is 2.70. The highest BCUT2D eigenvalue weighted by atomic mass is 19.1. The van der Waals surface area contributed by atoms with Crippen LogP contribution in [-0.2, 0) is 0 Å². The first-order chi connectivity index (χ1) is 6.54. The second-order valence-corrected chi connectivity index (χ2v) is 2.93. The summed E-state index contributed by atoms with van der Waals surface area (Å²) in [4.78, 5) is 0. The van der Waals surface area contributed by atoms with E-state index in [-0.39, 0.29) is 5.69 Å². The molecule has 0 saturated carbocycles. The van der Waals surface area contributed by atoms with Gasteiger partial charge in [0.05, 0.1) is 5.69 Å². The molecule has 14 heavy (non-hydrogen) atoms. The number of hydrogen-bond acceptors (Lipinski definition) is 1. The number of nitrogens with one attached hydrogen (secondary N) is 1. The Bertz CT molecular complexity index is 360. The van der Waals surface area contributed by atoms with Crippen LogP contribution in [0, 0.1) is 18.6 Å². The third kappa shape index (κ3) is 2.19. The molecule has 0 atom stereocenters. The molecule has 3 heteroatoms. The summed E-state index contributed by atoms with van der Waals surface area (Å²) < 4.78 is 25.9. The first kappa shape index (κ1) is 10.4. The SMILES string of the molecule is C=CC(=C)Nc1c(C)cc(F)cc1F. The van der Waals surface area contributed by atoms with Crippen LogP contribution in [-0.4, -0.2) is 0 Å². The maximum atomic E-state index is 13.2. The van der Waals surface area contributed by atoms with E-state index in [1.54, 1.807) is 6.92 Å². The quantitative estimate of drug-likeness (QED) is 0.729. The van der Waals surface area contributed by atoms with E-state index in [0.29, 0.717) is 11.3 Å². The summed E-state index contributed by atoms with van der Waals surface area (Å²) in [6, 6.07) is 2.08. The molecule has 1 nitrogen and oxygen atoms in total. The molecule has 74 valence electrons. The zero-order valence-corrected chi connectivity index (χ0v) is 7.90. The molecule has 1 rings (SSSR count). The first-order valence-corrected chi connectivity index (χ1v) is 4.08. The van der Waals surface area contributed by atoms with E-state index in [2.05, 4.69) is 18.5 Å². The molecule has 0 aromatic heterocycles. The Hall–Kier alpha value is -1.64. The smallest absolute Gasteiger partial charge is 0.149 e. The summed E-state index contributed by atoms with van der Waals surface area (Å²) in [5.41, 5.74) is 1.19. The summed E-state index contributed by atoms with van der Waals surface area (Å²) in [5.74, 6) is -1.22. The van der Waals surface area contributed by atoms with Gasteiger partial charge in [0.2, 0.25) is 0 Å². The zero-order chi connectivity index (χ0) is 10.7. The van der Waals surface area contributed by atoms with Gasteiger partial charge in [-0.1, -0.05) is 13.2 Å². The fourth-order valence-electron chi connectivity index (χ4n) is 1.07. The minimum Gasteiger partial charge on any atom is -0.353 e. The molecule has 1 N–H and O–H groups in total. The van der Waals surface area contributed by atoms with Gasteiger partial charge in [-0.05, 0) is 24.6 Å². The molecular weight excluding hydrogens is 184 g/mol. The number of halogens is 2. The number of hydrogen-bond donors (Lipinski definition) is 1. The molecule has 0 aliphatic rings. The van der Waals surface area contributed by atoms with Crippen LogP contribution in [0.2, 0.25) is 0 Å². The molecule has 0 saturated heterocycles. The highest BCUT2D eigenvalue weighted by molar-refractivity contribution is 5.56. The molecule has 0 bridgehead atoms. The molecule has 0 unspecified atom stereocenters. The molecule has 0 spiro atoms. The van der Waals surface area contributed by atoms with Gasteiger partial charge < -0.3 is 5.32 Å². The van der Waals surface area contributed by atoms with Gasteiger partial charge >= 0.3 is 0 Å². The summed E-state index contributed by atoms with van der Waals surface area (Å²) in [7, 11) is 0. The maximum absolute atomic E-state index is 13.2. The largest absolute Gasteiger partial charge is 0.353 e. The standard InChI is InChI=1S/C11H11F2N/c1-4-8(3)14-11-7(2)5-9(12)6-10(11)13/h4-6,14H,1,3H2,2H3. The monoisotopic (exact) mass is 195 g/mol. The Balaban J connectivity index is 3.08. The minimum atomic E-state index is -0.634. The van der Waals surface area contributed by atoms with Crippen molar-refractivity contribution in [2.75, 3.05) is 5.32 Å². The third-order valence-electron chi connectivity index (χ3n) is 1.78. The lowest BCUT2D eigenvalue weighted by Gasteiger charge is -2.10. The van der Waals surface area contributed by atoms with Crippen molar-refractivity contribution < 1.29 is 8.78 Å². The lowest BCUT2D eigenvalue weighted by Crippen LogP contribution is -2.00. The van der Waals surface area contributed by atoms with Crippen LogP contribution in [0.3, 0.4) is 0 Å². The lowest BCUT2D eigenvalue weighted by atomic mass is 10.2. The van der Waals surface area contributed by atoms with E-state index in [1.165, 1.54) is 12.1 Å². The maximum Gasteiger partial charge on any atom is 0.149 e. The van der Waals surface area contributed by atoms with Gasteiger partial charge in [-0.15, -0.1) is 0 Å². The predicted octanol–water partition coefficient (Wildman–Crippen LogP) is 3.38. The number of allylic oxidation sites excluding steroid dienone is 1. The molecule has 1 aromatic carbocycles. The van der Waals surface area contributed by atoms with Crippen LogP contribution in [0.25, 0.3) is 0 Å². The normalized spacial score (nSPS) is 9.64. The van der Waals surface area contributed by atoms with Gasteiger partial charge in [-0.25, -0.2) is 8.78 Å². The Morgan fingerprint density at radius 2 is 2.07 bits per heavy atom. The van der Waals surface area contributed by atoms with Crippen molar-refractivity contribution in [2.45, 2.75) is 6.92 Å². The van der Waals surface area contributed by atoms with Gasteiger partial charge in [-0.2, -0.15) is 0 Å². The van der Waals surface area contributed by atoms with Gasteiger partial charge in [0, 0.05) is 11.8 Å². The van der Waals surface area contributed by atoms with Crippen molar-refractivity contribution in [1.82, 2.24) is 0 Å². The summed E-state index contributed by atoms with van der Waals surface area (Å²) in [6.07, 6.45) is 1.46. The first-order valence-electron chi connectivity index (χ1n) is 4.08. The van der Waals surface area contributed by atoms with Gasteiger partial charge in [0.1, 0.15) is 11.6 Å². The average Bonchev–Trinajstić information content (AvgIpc) is 2.10. The fourth-order valence-corrected chi connectivity index (χ4v) is 1.07. The van der Waals surface area contributed by atoms with Crippen molar-refractivity contribution in [2.24, 2.45) is 0 Å². The number of rotatable bonds is 3. The Morgan fingerprint density at radius 1 is 1.43 bits per heavy atom. The lowest BCUT2D eigenvalue weighted by molar-refractivity contribution is 0.584. The van der Waals surface area contributed by atoms with E-state index in [0.717, 1.165) is 6.07 Å². The van der Waals surface area contributed by atoms with E-state index in [1.807, 2.05) is 0 Å². The molecule has 0 radical (unpaired) electrons. The van der Waals surface area contributed by atoms with Crippen LogP contribution in [0.4, 0.5) is 14.5 Å². The van der Waals surface area contributed by atoms with Crippen LogP contribution in [0.15, 0.2) is 37.1 Å². The minimum absolute atomic E-state index is 0.233. The highest BCUT2D eigenvalue weighted by Gasteiger charge is 2.07. The molecule has 0 amide bonds. The van der Waals surface area contributed by atoms with Gasteiger partial charge in [-0.3, -0.25) is 0 Å². The molecule has 0 aliphatic carbocycles. The summed E-state index contributed by atoms with van der Waals surface area (Å²) in [6.45, 7) is 8.67. The van der Waals surface area contributed by atoms with Crippen molar-refractivity contribution in [1.29, 1.82) is 0 Å². The Morgan fingerprint density at radius 3 is 2.57 bits per heavy atom. The van der Waals surface area contributed by atoms with E-state index < -0.39 is 11.6 Å². The summed E-state index contributed by atoms with van der Waals surface area (Å²) >= 11 is 0. The van der Waals surface area contributed by atoms with E-state index >= 15 is 0 Å². The van der Waals surface area contributed by atoms with Gasteiger partial charge in [0.25, 0.3) is 0 Å². The van der Waals surface area contributed by atoms with Gasteiger partial charge in [0.15, 0.2) is 0 Å². The number of anilines is 1. The van der Waals surface area contributed by atoms with Crippen molar-refractivity contribution in [3.8, 4) is 0 Å². The molecule has 1 aromatic rings.